The minimum absolute atomic E-state index is 0.115. The highest BCUT2D eigenvalue weighted by Crippen LogP contribution is 2.25. The molecule has 3 nitrogen and oxygen atoms in total. The summed E-state index contributed by atoms with van der Waals surface area (Å²) < 4.78 is 16.2. The highest BCUT2D eigenvalue weighted by Gasteiger charge is 2.15. The molecule has 0 amide bonds. The van der Waals surface area contributed by atoms with Gasteiger partial charge >= 0.3 is 5.97 Å². The molecule has 18 heavy (non-hydrogen) atoms. The van der Waals surface area contributed by atoms with Crippen LogP contribution in [0, 0.1) is 16.3 Å². The fourth-order valence-electron chi connectivity index (χ4n) is 1.69. The van der Waals surface area contributed by atoms with Gasteiger partial charge in [0.25, 0.3) is 0 Å². The van der Waals surface area contributed by atoms with Gasteiger partial charge < -0.3 is 9.67 Å². The first-order chi connectivity index (χ1) is 8.40. The van der Waals surface area contributed by atoms with E-state index in [1.165, 1.54) is 10.6 Å². The fourth-order valence-corrected chi connectivity index (χ4v) is 2.72. The van der Waals surface area contributed by atoms with E-state index >= 15 is 0 Å². The lowest BCUT2D eigenvalue weighted by Gasteiger charge is -2.10. The van der Waals surface area contributed by atoms with Crippen LogP contribution in [0.1, 0.15) is 16.1 Å². The maximum Gasteiger partial charge on any atom is 0.352 e. The average molecular weight is 424 g/mol. The lowest BCUT2D eigenvalue weighted by molar-refractivity contribution is 0.0688. The summed E-state index contributed by atoms with van der Waals surface area (Å²) in [5.74, 6) is -1.46. The minimum Gasteiger partial charge on any atom is -0.477 e. The SMILES string of the molecule is Cc1cc(Br)c(F)cc1-n1cc(I)cc1C(=O)O. The average Bonchev–Trinajstić information content (AvgIpc) is 2.65. The van der Waals surface area contributed by atoms with Crippen LogP contribution in [0.3, 0.4) is 0 Å². The molecule has 0 unspecified atom stereocenters. The van der Waals surface area contributed by atoms with Crippen molar-refractivity contribution in [1.29, 1.82) is 0 Å². The molecular weight excluding hydrogens is 416 g/mol. The van der Waals surface area contributed by atoms with Crippen LogP contribution in [0.25, 0.3) is 5.69 Å². The topological polar surface area (TPSA) is 42.2 Å². The molecule has 0 saturated carbocycles. The van der Waals surface area contributed by atoms with Crippen molar-refractivity contribution in [3.63, 3.8) is 0 Å². The van der Waals surface area contributed by atoms with E-state index in [4.69, 9.17) is 5.11 Å². The Morgan fingerprint density at radius 1 is 1.44 bits per heavy atom. The van der Waals surface area contributed by atoms with Gasteiger partial charge in [-0.15, -0.1) is 0 Å². The van der Waals surface area contributed by atoms with Gasteiger partial charge in [-0.25, -0.2) is 9.18 Å². The Labute approximate surface area is 125 Å². The molecule has 1 N–H and O–H groups in total. The molecule has 2 rings (SSSR count). The molecule has 0 atom stereocenters. The van der Waals surface area contributed by atoms with Crippen LogP contribution in [0.5, 0.6) is 0 Å². The Balaban J connectivity index is 2.69. The molecular formula is C12H8BrFINO2. The molecule has 0 aliphatic heterocycles. The van der Waals surface area contributed by atoms with Crippen LogP contribution in [0.2, 0.25) is 0 Å². The van der Waals surface area contributed by atoms with E-state index in [1.54, 1.807) is 25.3 Å². The van der Waals surface area contributed by atoms with Crippen LogP contribution in [-0.4, -0.2) is 15.6 Å². The molecule has 1 aromatic heterocycles. The van der Waals surface area contributed by atoms with E-state index in [2.05, 4.69) is 15.9 Å². The van der Waals surface area contributed by atoms with Crippen molar-refractivity contribution < 1.29 is 14.3 Å². The quantitative estimate of drug-likeness (QED) is 0.742. The van der Waals surface area contributed by atoms with Gasteiger partial charge in [0.15, 0.2) is 0 Å². The summed E-state index contributed by atoms with van der Waals surface area (Å²) >= 11 is 5.13. The molecule has 0 bridgehead atoms. The summed E-state index contributed by atoms with van der Waals surface area (Å²) in [6, 6.07) is 4.49. The van der Waals surface area contributed by atoms with E-state index in [0.717, 1.165) is 9.13 Å². The van der Waals surface area contributed by atoms with Gasteiger partial charge in [-0.05, 0) is 69.2 Å². The number of carbonyl (C=O) groups is 1. The molecule has 0 spiro atoms. The number of hydrogen-bond acceptors (Lipinski definition) is 1. The highest BCUT2D eigenvalue weighted by atomic mass is 127. The van der Waals surface area contributed by atoms with Gasteiger partial charge in [0, 0.05) is 9.77 Å². The predicted molar refractivity (Wildman–Crippen MR) is 77.8 cm³/mol. The second-order valence-electron chi connectivity index (χ2n) is 3.77. The monoisotopic (exact) mass is 423 g/mol. The first-order valence-corrected chi connectivity index (χ1v) is 6.84. The molecule has 6 heteroatoms. The van der Waals surface area contributed by atoms with Crippen molar-refractivity contribution in [3.8, 4) is 5.69 Å². The number of aromatic carboxylic acids is 1. The van der Waals surface area contributed by atoms with E-state index < -0.39 is 11.8 Å². The zero-order valence-corrected chi connectivity index (χ0v) is 13.0. The van der Waals surface area contributed by atoms with Gasteiger partial charge in [-0.1, -0.05) is 0 Å². The summed E-state index contributed by atoms with van der Waals surface area (Å²) in [4.78, 5) is 11.1. The van der Waals surface area contributed by atoms with Crippen molar-refractivity contribution in [2.75, 3.05) is 0 Å². The number of benzene rings is 1. The number of hydrogen-bond donors (Lipinski definition) is 1. The van der Waals surface area contributed by atoms with Crippen LogP contribution in [0.15, 0.2) is 28.9 Å². The summed E-state index contributed by atoms with van der Waals surface area (Å²) in [5, 5.41) is 9.13. The van der Waals surface area contributed by atoms with Gasteiger partial charge in [-0.2, -0.15) is 0 Å². The first kappa shape index (κ1) is 13.5. The predicted octanol–water partition coefficient (Wildman–Crippen LogP) is 3.99. The van der Waals surface area contributed by atoms with Crippen molar-refractivity contribution in [1.82, 2.24) is 4.57 Å². The number of halogens is 3. The molecule has 0 radical (unpaired) electrons. The second kappa shape index (κ2) is 5.00. The first-order valence-electron chi connectivity index (χ1n) is 4.97. The minimum atomic E-state index is -1.04. The van der Waals surface area contributed by atoms with Gasteiger partial charge in [0.2, 0.25) is 0 Å². The lowest BCUT2D eigenvalue weighted by Crippen LogP contribution is -2.07. The Bertz CT molecular complexity index is 639. The molecule has 2 aromatic rings. The normalized spacial score (nSPS) is 10.7. The van der Waals surface area contributed by atoms with Crippen molar-refractivity contribution in [2.45, 2.75) is 6.92 Å². The van der Waals surface area contributed by atoms with Crippen molar-refractivity contribution in [2.24, 2.45) is 0 Å². The maximum absolute atomic E-state index is 13.6. The van der Waals surface area contributed by atoms with Crippen LogP contribution in [0.4, 0.5) is 4.39 Å². The third kappa shape index (κ3) is 2.44. The highest BCUT2D eigenvalue weighted by molar-refractivity contribution is 14.1. The summed E-state index contributed by atoms with van der Waals surface area (Å²) in [6.45, 7) is 1.80. The van der Waals surface area contributed by atoms with E-state index in [0.29, 0.717) is 10.2 Å². The summed E-state index contributed by atoms with van der Waals surface area (Å²) in [5.41, 5.74) is 1.43. The molecule has 94 valence electrons. The van der Waals surface area contributed by atoms with Crippen molar-refractivity contribution >= 4 is 44.5 Å². The van der Waals surface area contributed by atoms with E-state index in [-0.39, 0.29) is 5.69 Å². The van der Waals surface area contributed by atoms with E-state index in [1.807, 2.05) is 22.6 Å². The zero-order chi connectivity index (χ0) is 13.4. The molecule has 0 aliphatic carbocycles. The van der Waals surface area contributed by atoms with Crippen LogP contribution >= 0.6 is 38.5 Å². The largest absolute Gasteiger partial charge is 0.477 e. The number of carboxylic acids is 1. The fraction of sp³-hybridized carbons (Fsp3) is 0.0833. The number of rotatable bonds is 2. The van der Waals surface area contributed by atoms with Gasteiger partial charge in [0.1, 0.15) is 11.5 Å². The number of carboxylic acid groups (broad SMARTS) is 1. The smallest absolute Gasteiger partial charge is 0.352 e. The van der Waals surface area contributed by atoms with E-state index in [9.17, 15) is 9.18 Å². The standard InChI is InChI=1S/C12H8BrFINO2/c1-6-2-8(13)9(14)4-10(6)16-5-7(15)3-11(16)12(17)18/h2-5H,1H3,(H,17,18). The Morgan fingerprint density at radius 3 is 2.72 bits per heavy atom. The van der Waals surface area contributed by atoms with Crippen LogP contribution < -0.4 is 0 Å². The Hall–Kier alpha value is -0.890. The number of aromatic nitrogens is 1. The summed E-state index contributed by atoms with van der Waals surface area (Å²) in [6.07, 6.45) is 1.67. The van der Waals surface area contributed by atoms with Crippen molar-refractivity contribution in [3.05, 3.63) is 49.5 Å². The Kier molecular flexibility index (Phi) is 3.76. The lowest BCUT2D eigenvalue weighted by atomic mass is 10.2. The molecule has 1 aromatic carbocycles. The molecule has 1 heterocycles. The van der Waals surface area contributed by atoms with Crippen LogP contribution in [-0.2, 0) is 0 Å². The Morgan fingerprint density at radius 2 is 2.11 bits per heavy atom. The second-order valence-corrected chi connectivity index (χ2v) is 5.87. The molecule has 0 aliphatic rings. The molecule has 0 saturated heterocycles. The maximum atomic E-state index is 13.6. The third-order valence-electron chi connectivity index (χ3n) is 2.50. The number of aryl methyl sites for hydroxylation is 1. The van der Waals surface area contributed by atoms with Gasteiger partial charge in [-0.3, -0.25) is 0 Å². The third-order valence-corrected chi connectivity index (χ3v) is 3.70. The summed E-state index contributed by atoms with van der Waals surface area (Å²) in [7, 11) is 0. The number of nitrogens with zero attached hydrogens (tertiary/aromatic N) is 1. The molecule has 0 fully saturated rings. The van der Waals surface area contributed by atoms with Gasteiger partial charge in [0.05, 0.1) is 10.2 Å². The zero-order valence-electron chi connectivity index (χ0n) is 9.25.